The number of aryl methyl sites for hydroxylation is 1. The number of rotatable bonds is 5. The molecule has 0 spiro atoms. The molecule has 0 aliphatic carbocycles. The van der Waals surface area contributed by atoms with E-state index >= 15 is 0 Å². The fourth-order valence-corrected chi connectivity index (χ4v) is 1.82. The highest BCUT2D eigenvalue weighted by molar-refractivity contribution is 6.33. The van der Waals surface area contributed by atoms with E-state index in [4.69, 9.17) is 16.3 Å². The Bertz CT molecular complexity index is 525. The fraction of sp³-hybridized carbons (Fsp3) is 0.308. The molecular formula is C13H16ClN3O. The van der Waals surface area contributed by atoms with Gasteiger partial charge in [-0.1, -0.05) is 17.7 Å². The molecular weight excluding hydrogens is 250 g/mol. The molecule has 0 radical (unpaired) electrons. The van der Waals surface area contributed by atoms with Gasteiger partial charge in [0.25, 0.3) is 0 Å². The number of imidazole rings is 1. The third-order valence-electron chi connectivity index (χ3n) is 2.62. The molecule has 96 valence electrons. The number of hydrogen-bond donors (Lipinski definition) is 1. The summed E-state index contributed by atoms with van der Waals surface area (Å²) in [5.41, 5.74) is 2.01. The lowest BCUT2D eigenvalue weighted by molar-refractivity contribution is 0.188. The van der Waals surface area contributed by atoms with Crippen LogP contribution in [-0.2, 0) is 11.3 Å². The van der Waals surface area contributed by atoms with Gasteiger partial charge >= 0.3 is 0 Å². The van der Waals surface area contributed by atoms with Crippen LogP contribution in [0.1, 0.15) is 5.56 Å². The Morgan fingerprint density at radius 2 is 2.28 bits per heavy atom. The zero-order chi connectivity index (χ0) is 13.0. The van der Waals surface area contributed by atoms with Crippen LogP contribution in [0.4, 0.5) is 11.6 Å². The molecule has 0 fully saturated rings. The van der Waals surface area contributed by atoms with Gasteiger partial charge in [-0.3, -0.25) is 0 Å². The lowest BCUT2D eigenvalue weighted by Gasteiger charge is -2.11. The average Bonchev–Trinajstić information content (AvgIpc) is 2.79. The lowest BCUT2D eigenvalue weighted by Crippen LogP contribution is -2.07. The minimum atomic E-state index is 0.645. The first-order chi connectivity index (χ1) is 8.70. The van der Waals surface area contributed by atoms with Crippen molar-refractivity contribution in [2.24, 2.45) is 0 Å². The van der Waals surface area contributed by atoms with Crippen LogP contribution < -0.4 is 5.32 Å². The SMILES string of the molecule is COCCn1ccnc1Nc1cc(C)ccc1Cl. The van der Waals surface area contributed by atoms with Crippen molar-refractivity contribution in [1.29, 1.82) is 0 Å². The van der Waals surface area contributed by atoms with Crippen LogP contribution in [0.25, 0.3) is 0 Å². The van der Waals surface area contributed by atoms with Crippen molar-refractivity contribution in [2.75, 3.05) is 19.0 Å². The van der Waals surface area contributed by atoms with E-state index in [-0.39, 0.29) is 0 Å². The highest BCUT2D eigenvalue weighted by Gasteiger charge is 2.06. The Balaban J connectivity index is 2.18. The summed E-state index contributed by atoms with van der Waals surface area (Å²) in [6.07, 6.45) is 3.66. The summed E-state index contributed by atoms with van der Waals surface area (Å²) in [5.74, 6) is 0.763. The van der Waals surface area contributed by atoms with Crippen LogP contribution >= 0.6 is 11.6 Å². The first-order valence-corrected chi connectivity index (χ1v) is 6.12. The Morgan fingerprint density at radius 3 is 3.06 bits per heavy atom. The second-order valence-electron chi connectivity index (χ2n) is 4.05. The van der Waals surface area contributed by atoms with Gasteiger partial charge in [0.2, 0.25) is 5.95 Å². The van der Waals surface area contributed by atoms with E-state index in [1.54, 1.807) is 13.3 Å². The summed E-state index contributed by atoms with van der Waals surface area (Å²) in [4.78, 5) is 4.27. The maximum absolute atomic E-state index is 6.15. The molecule has 2 aromatic rings. The normalized spacial score (nSPS) is 10.6. The molecule has 1 aromatic heterocycles. The van der Waals surface area contributed by atoms with Crippen molar-refractivity contribution in [3.63, 3.8) is 0 Å². The molecule has 0 aliphatic rings. The van der Waals surface area contributed by atoms with Crippen LogP contribution in [0.3, 0.4) is 0 Å². The van der Waals surface area contributed by atoms with Crippen molar-refractivity contribution in [3.05, 3.63) is 41.2 Å². The van der Waals surface area contributed by atoms with Crippen LogP contribution in [0.5, 0.6) is 0 Å². The fourth-order valence-electron chi connectivity index (χ4n) is 1.66. The number of methoxy groups -OCH3 is 1. The van der Waals surface area contributed by atoms with Gasteiger partial charge in [0, 0.05) is 26.0 Å². The zero-order valence-corrected chi connectivity index (χ0v) is 11.2. The lowest BCUT2D eigenvalue weighted by atomic mass is 10.2. The Kier molecular flexibility index (Phi) is 4.23. The number of benzene rings is 1. The average molecular weight is 266 g/mol. The molecule has 0 atom stereocenters. The maximum Gasteiger partial charge on any atom is 0.207 e. The molecule has 0 unspecified atom stereocenters. The van der Waals surface area contributed by atoms with Crippen molar-refractivity contribution >= 4 is 23.2 Å². The van der Waals surface area contributed by atoms with E-state index in [1.807, 2.05) is 35.9 Å². The number of halogens is 1. The largest absolute Gasteiger partial charge is 0.383 e. The molecule has 0 amide bonds. The smallest absolute Gasteiger partial charge is 0.207 e. The number of anilines is 2. The van der Waals surface area contributed by atoms with Gasteiger partial charge in [-0.25, -0.2) is 4.98 Å². The van der Waals surface area contributed by atoms with Gasteiger partial charge in [-0.15, -0.1) is 0 Å². The molecule has 2 rings (SSSR count). The topological polar surface area (TPSA) is 39.1 Å². The van der Waals surface area contributed by atoms with E-state index in [1.165, 1.54) is 0 Å². The number of aromatic nitrogens is 2. The summed E-state index contributed by atoms with van der Waals surface area (Å²) in [7, 11) is 1.68. The summed E-state index contributed by atoms with van der Waals surface area (Å²) in [5, 5.41) is 3.92. The third-order valence-corrected chi connectivity index (χ3v) is 2.95. The second-order valence-corrected chi connectivity index (χ2v) is 4.45. The first kappa shape index (κ1) is 12.9. The quantitative estimate of drug-likeness (QED) is 0.902. The molecule has 0 bridgehead atoms. The Hall–Kier alpha value is -1.52. The molecule has 0 aliphatic heterocycles. The highest BCUT2D eigenvalue weighted by Crippen LogP contribution is 2.25. The van der Waals surface area contributed by atoms with Gasteiger partial charge in [-0.2, -0.15) is 0 Å². The number of nitrogens with zero attached hydrogens (tertiary/aromatic N) is 2. The van der Waals surface area contributed by atoms with E-state index < -0.39 is 0 Å². The summed E-state index contributed by atoms with van der Waals surface area (Å²) < 4.78 is 7.05. The van der Waals surface area contributed by atoms with Crippen molar-refractivity contribution in [3.8, 4) is 0 Å². The zero-order valence-electron chi connectivity index (χ0n) is 10.5. The van der Waals surface area contributed by atoms with Gasteiger partial charge < -0.3 is 14.6 Å². The second kappa shape index (κ2) is 5.89. The van der Waals surface area contributed by atoms with Gasteiger partial charge in [0.1, 0.15) is 0 Å². The van der Waals surface area contributed by atoms with Crippen molar-refractivity contribution in [1.82, 2.24) is 9.55 Å². The summed E-state index contributed by atoms with van der Waals surface area (Å²) in [6, 6.07) is 5.85. The first-order valence-electron chi connectivity index (χ1n) is 5.74. The van der Waals surface area contributed by atoms with E-state index in [0.29, 0.717) is 11.6 Å². The highest BCUT2D eigenvalue weighted by atomic mass is 35.5. The van der Waals surface area contributed by atoms with Crippen LogP contribution in [0.2, 0.25) is 5.02 Å². The van der Waals surface area contributed by atoms with Gasteiger partial charge in [0.05, 0.1) is 17.3 Å². The van der Waals surface area contributed by atoms with Crippen molar-refractivity contribution < 1.29 is 4.74 Å². The monoisotopic (exact) mass is 265 g/mol. The van der Waals surface area contributed by atoms with E-state index in [2.05, 4.69) is 10.3 Å². The standard InChI is InChI=1S/C13H16ClN3O/c1-10-3-4-11(14)12(9-10)16-13-15-5-6-17(13)7-8-18-2/h3-6,9H,7-8H2,1-2H3,(H,15,16). The molecule has 0 saturated heterocycles. The predicted octanol–water partition coefficient (Wildman–Crippen LogP) is 3.23. The van der Waals surface area contributed by atoms with Crippen LogP contribution in [0.15, 0.2) is 30.6 Å². The third kappa shape index (κ3) is 3.03. The number of nitrogens with one attached hydrogen (secondary N) is 1. The Labute approximate surface area is 112 Å². The van der Waals surface area contributed by atoms with Crippen molar-refractivity contribution in [2.45, 2.75) is 13.5 Å². The maximum atomic E-state index is 6.15. The number of hydrogen-bond acceptors (Lipinski definition) is 3. The molecule has 5 heteroatoms. The van der Waals surface area contributed by atoms with Gasteiger partial charge in [0.15, 0.2) is 0 Å². The molecule has 4 nitrogen and oxygen atoms in total. The molecule has 1 N–H and O–H groups in total. The summed E-state index contributed by atoms with van der Waals surface area (Å²) in [6.45, 7) is 3.42. The summed E-state index contributed by atoms with van der Waals surface area (Å²) >= 11 is 6.15. The van der Waals surface area contributed by atoms with E-state index in [9.17, 15) is 0 Å². The van der Waals surface area contributed by atoms with Crippen LogP contribution in [-0.4, -0.2) is 23.3 Å². The van der Waals surface area contributed by atoms with E-state index in [0.717, 1.165) is 23.7 Å². The minimum Gasteiger partial charge on any atom is -0.383 e. The molecule has 1 aromatic carbocycles. The molecule has 18 heavy (non-hydrogen) atoms. The molecule has 0 saturated carbocycles. The predicted molar refractivity (Wildman–Crippen MR) is 73.6 cm³/mol. The van der Waals surface area contributed by atoms with Gasteiger partial charge in [-0.05, 0) is 24.6 Å². The minimum absolute atomic E-state index is 0.645. The number of ether oxygens (including phenoxy) is 1. The molecule has 1 heterocycles. The Morgan fingerprint density at radius 1 is 1.44 bits per heavy atom. The van der Waals surface area contributed by atoms with Crippen LogP contribution in [0, 0.1) is 6.92 Å².